The zero-order valence-electron chi connectivity index (χ0n) is 18.0. The van der Waals surface area contributed by atoms with E-state index in [1.165, 1.54) is 48.5 Å². The van der Waals surface area contributed by atoms with E-state index in [9.17, 15) is 22.8 Å². The molecule has 1 atom stereocenters. The highest BCUT2D eigenvalue weighted by atomic mass is 35.5. The highest BCUT2D eigenvalue weighted by Gasteiger charge is 2.36. The molecule has 176 valence electrons. The zero-order valence-corrected chi connectivity index (χ0v) is 19.6. The highest BCUT2D eigenvalue weighted by molar-refractivity contribution is 7.89. The van der Waals surface area contributed by atoms with E-state index in [4.69, 9.17) is 16.3 Å². The van der Waals surface area contributed by atoms with Crippen molar-refractivity contribution in [1.29, 1.82) is 0 Å². The van der Waals surface area contributed by atoms with Crippen LogP contribution in [0.5, 0.6) is 5.75 Å². The molecule has 2 rings (SSSR count). The molecular weight excluding hydrogens is 459 g/mol. The molecule has 0 radical (unpaired) electrons. The van der Waals surface area contributed by atoms with Gasteiger partial charge in [-0.1, -0.05) is 26.0 Å². The lowest BCUT2D eigenvalue weighted by Crippen LogP contribution is -2.49. The minimum atomic E-state index is -4.16. The summed E-state index contributed by atoms with van der Waals surface area (Å²) in [5.74, 6) is -0.397. The number of carbonyl (C=O) groups is 1. The van der Waals surface area contributed by atoms with Gasteiger partial charge in [0, 0.05) is 12.4 Å². The minimum absolute atomic E-state index is 0.0381. The predicted molar refractivity (Wildman–Crippen MR) is 120 cm³/mol. The Balaban J connectivity index is 2.43. The summed E-state index contributed by atoms with van der Waals surface area (Å²) in [5, 5.41) is 9.25. The van der Waals surface area contributed by atoms with Gasteiger partial charge in [-0.15, -0.1) is 11.6 Å². The maximum atomic E-state index is 13.6. The third-order valence-corrected chi connectivity index (χ3v) is 6.82. The van der Waals surface area contributed by atoms with Gasteiger partial charge in [-0.25, -0.2) is 18.3 Å². The van der Waals surface area contributed by atoms with Crippen LogP contribution in [0.25, 0.3) is 0 Å². The van der Waals surface area contributed by atoms with Crippen molar-refractivity contribution >= 4 is 27.5 Å². The second kappa shape index (κ2) is 12.2. The second-order valence-electron chi connectivity index (χ2n) is 7.66. The van der Waals surface area contributed by atoms with Gasteiger partial charge in [-0.05, 0) is 60.7 Å². The van der Waals surface area contributed by atoms with E-state index in [2.05, 4.69) is 0 Å². The molecule has 0 aliphatic heterocycles. The number of hydroxylamine groups is 1. The Hall–Kier alpha value is -2.20. The van der Waals surface area contributed by atoms with Gasteiger partial charge in [-0.3, -0.25) is 10.0 Å². The van der Waals surface area contributed by atoms with Crippen LogP contribution in [0.15, 0.2) is 53.4 Å². The summed E-state index contributed by atoms with van der Waals surface area (Å²) in [4.78, 5) is 12.4. The fourth-order valence-corrected chi connectivity index (χ4v) is 4.79. The Morgan fingerprint density at radius 3 is 2.31 bits per heavy atom. The van der Waals surface area contributed by atoms with Crippen LogP contribution < -0.4 is 10.2 Å². The lowest BCUT2D eigenvalue weighted by molar-refractivity contribution is -0.133. The number of alkyl halides is 1. The number of rotatable bonds is 12. The van der Waals surface area contributed by atoms with Crippen molar-refractivity contribution < 1.29 is 27.5 Å². The second-order valence-corrected chi connectivity index (χ2v) is 9.93. The van der Waals surface area contributed by atoms with E-state index in [1.807, 2.05) is 13.8 Å². The Morgan fingerprint density at radius 2 is 1.78 bits per heavy atom. The summed E-state index contributed by atoms with van der Waals surface area (Å²) in [6.45, 7) is 3.90. The molecule has 1 unspecified atom stereocenters. The molecule has 0 spiro atoms. The molecule has 2 N–H and O–H groups in total. The number of benzene rings is 2. The van der Waals surface area contributed by atoms with Crippen molar-refractivity contribution in [3.05, 3.63) is 59.9 Å². The fourth-order valence-electron chi connectivity index (χ4n) is 3.10. The number of amides is 1. The van der Waals surface area contributed by atoms with Crippen LogP contribution in [0.4, 0.5) is 4.39 Å². The molecule has 0 fully saturated rings. The van der Waals surface area contributed by atoms with E-state index in [1.54, 1.807) is 5.48 Å². The maximum absolute atomic E-state index is 13.6. The molecule has 1 amide bonds. The van der Waals surface area contributed by atoms with Crippen LogP contribution in [-0.4, -0.2) is 42.4 Å². The van der Waals surface area contributed by atoms with Gasteiger partial charge in [0.15, 0.2) is 0 Å². The summed E-state index contributed by atoms with van der Waals surface area (Å²) in [7, 11) is -4.16. The number of ether oxygens (including phenoxy) is 1. The maximum Gasteiger partial charge on any atom is 0.261 e. The van der Waals surface area contributed by atoms with Gasteiger partial charge >= 0.3 is 0 Å². The summed E-state index contributed by atoms with van der Waals surface area (Å²) in [6, 6.07) is 10.0. The normalized spacial score (nSPS) is 12.7. The van der Waals surface area contributed by atoms with Gasteiger partial charge in [0.25, 0.3) is 5.91 Å². The predicted octanol–water partition coefficient (Wildman–Crippen LogP) is 3.94. The van der Waals surface area contributed by atoms with Gasteiger partial charge in [-0.2, -0.15) is 4.31 Å². The van der Waals surface area contributed by atoms with Crippen molar-refractivity contribution in [2.45, 2.75) is 44.2 Å². The molecule has 0 heterocycles. The lowest BCUT2D eigenvalue weighted by Gasteiger charge is -2.30. The van der Waals surface area contributed by atoms with Crippen molar-refractivity contribution in [3.8, 4) is 5.75 Å². The molecule has 32 heavy (non-hydrogen) atoms. The highest BCUT2D eigenvalue weighted by Crippen LogP contribution is 2.26. The zero-order chi connectivity index (χ0) is 23.7. The van der Waals surface area contributed by atoms with Crippen LogP contribution in [0.3, 0.4) is 0 Å². The van der Waals surface area contributed by atoms with Crippen LogP contribution >= 0.6 is 11.6 Å². The molecule has 0 aliphatic carbocycles. The standard InChI is InChI=1S/C22H28ClFN2O5S/c1-16(2)14-21(22(27)25-28)26(15-17-4-6-18(24)7-5-17)32(29,30)20-10-8-19(9-11-20)31-13-3-12-23/h4-11,16,21,28H,3,12-15H2,1-2H3,(H,25,27). The Labute approximate surface area is 193 Å². The number of hydrogen-bond donors (Lipinski definition) is 2. The average Bonchev–Trinajstić information content (AvgIpc) is 2.77. The molecule has 0 aliphatic rings. The summed E-state index contributed by atoms with van der Waals surface area (Å²) in [6.07, 6.45) is 0.826. The molecule has 2 aromatic carbocycles. The Morgan fingerprint density at radius 1 is 1.16 bits per heavy atom. The molecule has 0 bridgehead atoms. The van der Waals surface area contributed by atoms with E-state index >= 15 is 0 Å². The lowest BCUT2D eigenvalue weighted by atomic mass is 10.0. The smallest absolute Gasteiger partial charge is 0.261 e. The van der Waals surface area contributed by atoms with E-state index in [0.717, 1.165) is 4.31 Å². The number of nitrogens with zero attached hydrogens (tertiary/aromatic N) is 1. The molecule has 10 heteroatoms. The van der Waals surface area contributed by atoms with Gasteiger partial charge in [0.1, 0.15) is 17.6 Å². The molecular formula is C22H28ClFN2O5S. The van der Waals surface area contributed by atoms with Gasteiger partial charge in [0.2, 0.25) is 10.0 Å². The quantitative estimate of drug-likeness (QED) is 0.205. The minimum Gasteiger partial charge on any atom is -0.494 e. The van der Waals surface area contributed by atoms with Crippen molar-refractivity contribution in [2.75, 3.05) is 12.5 Å². The van der Waals surface area contributed by atoms with E-state index in [0.29, 0.717) is 30.2 Å². The number of sulfonamides is 1. The number of hydrogen-bond acceptors (Lipinski definition) is 5. The van der Waals surface area contributed by atoms with Crippen molar-refractivity contribution in [1.82, 2.24) is 9.79 Å². The van der Waals surface area contributed by atoms with Crippen molar-refractivity contribution in [2.24, 2.45) is 5.92 Å². The Kier molecular flexibility index (Phi) is 9.89. The third kappa shape index (κ3) is 7.16. The molecule has 2 aromatic rings. The monoisotopic (exact) mass is 486 g/mol. The fraction of sp³-hybridized carbons (Fsp3) is 0.409. The first-order chi connectivity index (χ1) is 15.2. The first kappa shape index (κ1) is 26.1. The van der Waals surface area contributed by atoms with Crippen LogP contribution in [0.1, 0.15) is 32.3 Å². The summed E-state index contributed by atoms with van der Waals surface area (Å²) in [5.41, 5.74) is 2.07. The van der Waals surface area contributed by atoms with Crippen LogP contribution in [-0.2, 0) is 21.4 Å². The number of halogens is 2. The third-order valence-electron chi connectivity index (χ3n) is 4.68. The summed E-state index contributed by atoms with van der Waals surface area (Å²) < 4.78 is 47.0. The van der Waals surface area contributed by atoms with E-state index in [-0.39, 0.29) is 23.8 Å². The first-order valence-electron chi connectivity index (χ1n) is 10.2. The molecule has 0 saturated carbocycles. The van der Waals surface area contributed by atoms with Crippen LogP contribution in [0.2, 0.25) is 0 Å². The largest absolute Gasteiger partial charge is 0.494 e. The molecule has 7 nitrogen and oxygen atoms in total. The van der Waals surface area contributed by atoms with Gasteiger partial charge < -0.3 is 4.74 Å². The molecule has 0 saturated heterocycles. The summed E-state index contributed by atoms with van der Waals surface area (Å²) >= 11 is 5.63. The molecule has 0 aromatic heterocycles. The SMILES string of the molecule is CC(C)CC(C(=O)NO)N(Cc1ccc(F)cc1)S(=O)(=O)c1ccc(OCCCCl)cc1. The topological polar surface area (TPSA) is 95.9 Å². The Bertz CT molecular complexity index is 969. The van der Waals surface area contributed by atoms with E-state index < -0.39 is 27.8 Å². The average molecular weight is 487 g/mol. The van der Waals surface area contributed by atoms with Crippen LogP contribution in [0, 0.1) is 11.7 Å². The van der Waals surface area contributed by atoms with Gasteiger partial charge in [0.05, 0.1) is 11.5 Å². The number of carbonyl (C=O) groups excluding carboxylic acids is 1. The number of nitrogens with one attached hydrogen (secondary N) is 1. The van der Waals surface area contributed by atoms with Crippen molar-refractivity contribution in [3.63, 3.8) is 0 Å². The first-order valence-corrected chi connectivity index (χ1v) is 12.2.